The third-order valence-electron chi connectivity index (χ3n) is 9.88. The monoisotopic (exact) mass is 655 g/mol. The lowest BCUT2D eigenvalue weighted by Crippen LogP contribution is -2.62. The number of anilines is 1. The van der Waals surface area contributed by atoms with Gasteiger partial charge in [-0.3, -0.25) is 14.5 Å². The van der Waals surface area contributed by atoms with E-state index >= 15 is 0 Å². The van der Waals surface area contributed by atoms with E-state index in [9.17, 15) is 9.59 Å². The number of aliphatic imine (C=N–C) groups is 1. The Morgan fingerprint density at radius 2 is 2.00 bits per heavy atom. The van der Waals surface area contributed by atoms with Crippen LogP contribution in [0.2, 0.25) is 0 Å². The largest absolute Gasteiger partial charge is 0.373 e. The lowest BCUT2D eigenvalue weighted by atomic mass is 9.87. The van der Waals surface area contributed by atoms with E-state index in [0.717, 1.165) is 69.8 Å². The first-order valence-electron chi connectivity index (χ1n) is 17.5. The minimum Gasteiger partial charge on any atom is -0.373 e. The number of nitrogens with zero attached hydrogens (tertiary/aromatic N) is 6. The standard InChI is InChI=1S/C38H53N7O3/c1-8-39-36-13-12-35(34(23-40-36)29(5)46)42(7)19-15-28(4)32-10-9-11-33(22-32)45-25-31(14-18-41-45)24-43-20-16-38(17-21-43)26-44(27(2)3)37(47)30(6)48-38/h9-12,18,22-23,25,27-28,30,39H,8,14-17,19-21,24,26H2,1-7H3/t28?,30-/m1/s1. The highest BCUT2D eigenvalue weighted by Crippen LogP contribution is 2.34. The van der Waals surface area contributed by atoms with Crippen LogP contribution in [0.1, 0.15) is 78.7 Å². The van der Waals surface area contributed by atoms with Crippen LogP contribution < -0.4 is 10.3 Å². The number of Topliss-reactive ketones (excluding diaryl/α,β-unsaturated/α-hetero) is 1. The summed E-state index contributed by atoms with van der Waals surface area (Å²) in [6, 6.07) is 8.82. The molecule has 0 bridgehead atoms. The highest BCUT2D eigenvalue weighted by molar-refractivity contribution is 6.13. The van der Waals surface area contributed by atoms with Gasteiger partial charge in [-0.25, -0.2) is 10.0 Å². The molecule has 4 aliphatic rings. The number of ketones is 1. The highest BCUT2D eigenvalue weighted by atomic mass is 16.5. The van der Waals surface area contributed by atoms with Gasteiger partial charge in [0.2, 0.25) is 0 Å². The van der Waals surface area contributed by atoms with Gasteiger partial charge in [0.25, 0.3) is 5.91 Å². The van der Waals surface area contributed by atoms with Crippen LogP contribution in [0.4, 0.5) is 5.69 Å². The number of amides is 1. The summed E-state index contributed by atoms with van der Waals surface area (Å²) in [6.07, 6.45) is 10.9. The molecule has 1 unspecified atom stereocenters. The van der Waals surface area contributed by atoms with Gasteiger partial charge in [0, 0.05) is 76.9 Å². The van der Waals surface area contributed by atoms with Gasteiger partial charge in [-0.1, -0.05) is 24.8 Å². The van der Waals surface area contributed by atoms with Crippen LogP contribution in [0.5, 0.6) is 0 Å². The minimum absolute atomic E-state index is 0.0144. The normalized spacial score (nSPS) is 21.8. The molecule has 1 N–H and O–H groups in total. The summed E-state index contributed by atoms with van der Waals surface area (Å²) in [5.74, 6) is 1.02. The van der Waals surface area contributed by atoms with Gasteiger partial charge in [0.05, 0.1) is 29.1 Å². The molecule has 4 heterocycles. The number of hydrazone groups is 1. The molecule has 48 heavy (non-hydrogen) atoms. The van der Waals surface area contributed by atoms with Crippen molar-refractivity contribution in [3.8, 4) is 0 Å². The molecule has 2 atom stereocenters. The van der Waals surface area contributed by atoms with E-state index in [-0.39, 0.29) is 29.4 Å². The van der Waals surface area contributed by atoms with Crippen LogP contribution in [-0.2, 0) is 14.3 Å². The van der Waals surface area contributed by atoms with Gasteiger partial charge in [-0.15, -0.1) is 0 Å². The number of piperidine rings is 1. The minimum atomic E-state index is -0.377. The summed E-state index contributed by atoms with van der Waals surface area (Å²) < 4.78 is 6.35. The van der Waals surface area contributed by atoms with Crippen LogP contribution in [0.15, 0.2) is 75.0 Å². The highest BCUT2D eigenvalue weighted by Gasteiger charge is 2.45. The van der Waals surface area contributed by atoms with Gasteiger partial charge in [0.15, 0.2) is 11.6 Å². The third kappa shape index (κ3) is 8.35. The number of rotatable bonds is 12. The second-order valence-corrected chi connectivity index (χ2v) is 13.9. The van der Waals surface area contributed by atoms with Crippen molar-refractivity contribution in [1.82, 2.24) is 20.0 Å². The Hall–Kier alpha value is -3.98. The fourth-order valence-corrected chi connectivity index (χ4v) is 6.90. The van der Waals surface area contributed by atoms with E-state index < -0.39 is 0 Å². The predicted octanol–water partition coefficient (Wildman–Crippen LogP) is 5.22. The van der Waals surface area contributed by atoms with Crippen LogP contribution >= 0.6 is 0 Å². The third-order valence-corrected chi connectivity index (χ3v) is 9.88. The fraction of sp³-hybridized carbons (Fsp3) is 0.553. The lowest BCUT2D eigenvalue weighted by Gasteiger charge is -2.50. The van der Waals surface area contributed by atoms with Crippen molar-refractivity contribution in [2.24, 2.45) is 10.1 Å². The number of allylic oxidation sites excluding steroid dienone is 2. The molecule has 0 aliphatic carbocycles. The topological polar surface area (TPSA) is 93.1 Å². The molecule has 0 aromatic heterocycles. The molecule has 0 saturated carbocycles. The van der Waals surface area contributed by atoms with Crippen LogP contribution in [-0.4, -0.2) is 103 Å². The van der Waals surface area contributed by atoms with Crippen molar-refractivity contribution in [2.45, 2.75) is 90.9 Å². The Labute approximate surface area is 286 Å². The van der Waals surface area contributed by atoms with Crippen molar-refractivity contribution in [2.75, 3.05) is 51.3 Å². The van der Waals surface area contributed by atoms with Gasteiger partial charge in [-0.05, 0) is 83.1 Å². The lowest BCUT2D eigenvalue weighted by molar-refractivity contribution is -0.192. The number of morpholine rings is 1. The van der Waals surface area contributed by atoms with Crippen LogP contribution in [0, 0.1) is 0 Å². The number of hydrogen-bond acceptors (Lipinski definition) is 9. The van der Waals surface area contributed by atoms with Gasteiger partial charge < -0.3 is 19.9 Å². The fourth-order valence-electron chi connectivity index (χ4n) is 6.90. The molecule has 1 aromatic carbocycles. The predicted molar refractivity (Wildman–Crippen MR) is 193 cm³/mol. The van der Waals surface area contributed by atoms with Gasteiger partial charge in [-0.2, -0.15) is 5.10 Å². The maximum Gasteiger partial charge on any atom is 0.251 e. The van der Waals surface area contributed by atoms with E-state index in [0.29, 0.717) is 23.9 Å². The van der Waals surface area contributed by atoms with E-state index in [2.05, 4.69) is 77.1 Å². The van der Waals surface area contributed by atoms with Gasteiger partial charge >= 0.3 is 0 Å². The SMILES string of the molecule is CCNC1=C=CC(N(C)CCC(C)c2cccc(N3C=C(CN4CCC5(CC4)CN(C(C)C)C(=O)[C@@H](C)O5)CC=N3)c2)=C(C(C)=O)C=N1. The van der Waals surface area contributed by atoms with Crippen molar-refractivity contribution in [3.05, 3.63) is 70.5 Å². The quantitative estimate of drug-likeness (QED) is 0.309. The molecular weight excluding hydrogens is 602 g/mol. The number of benzene rings is 1. The first kappa shape index (κ1) is 35.3. The first-order valence-corrected chi connectivity index (χ1v) is 17.5. The smallest absolute Gasteiger partial charge is 0.251 e. The Kier molecular flexibility index (Phi) is 11.4. The average Bonchev–Trinajstić information content (AvgIpc) is 3.29. The second kappa shape index (κ2) is 15.5. The molecule has 1 amide bonds. The van der Waals surface area contributed by atoms with Crippen molar-refractivity contribution in [3.63, 3.8) is 0 Å². The number of ether oxygens (including phenoxy) is 1. The summed E-state index contributed by atoms with van der Waals surface area (Å²) in [5, 5.41) is 9.89. The maximum absolute atomic E-state index is 12.7. The molecule has 2 fully saturated rings. The van der Waals surface area contributed by atoms with Crippen molar-refractivity contribution < 1.29 is 14.3 Å². The molecule has 1 aromatic rings. The van der Waals surface area contributed by atoms with E-state index in [1.54, 1.807) is 13.1 Å². The summed E-state index contributed by atoms with van der Waals surface area (Å²) in [5.41, 5.74) is 8.01. The van der Waals surface area contributed by atoms with Gasteiger partial charge in [0.1, 0.15) is 6.10 Å². The van der Waals surface area contributed by atoms with E-state index in [1.807, 2.05) is 43.1 Å². The first-order chi connectivity index (χ1) is 23.0. The number of hydrogen-bond donors (Lipinski definition) is 1. The number of nitrogens with one attached hydrogen (secondary N) is 1. The molecule has 258 valence electrons. The summed E-state index contributed by atoms with van der Waals surface area (Å²) in [6.45, 7) is 16.9. The zero-order chi connectivity index (χ0) is 34.4. The molecule has 2 saturated heterocycles. The Bertz CT molecular complexity index is 1540. The van der Waals surface area contributed by atoms with Crippen molar-refractivity contribution >= 4 is 29.8 Å². The Morgan fingerprint density at radius 3 is 2.71 bits per heavy atom. The molecule has 10 nitrogen and oxygen atoms in total. The Balaban J connectivity index is 1.18. The number of likely N-dealkylation sites (tertiary alicyclic amines) is 1. The zero-order valence-electron chi connectivity index (χ0n) is 29.8. The second-order valence-electron chi connectivity index (χ2n) is 13.9. The molecule has 1 spiro atoms. The molecular formula is C38H53N7O3. The number of likely N-dealkylation sites (N-methyl/N-ethyl adjacent to an activating group) is 1. The maximum atomic E-state index is 12.7. The van der Waals surface area contributed by atoms with E-state index in [1.165, 1.54) is 11.1 Å². The zero-order valence-corrected chi connectivity index (χ0v) is 29.8. The number of carbonyl (C=O) groups excluding carboxylic acids is 2. The molecule has 0 radical (unpaired) electrons. The van der Waals surface area contributed by atoms with Crippen molar-refractivity contribution in [1.29, 1.82) is 0 Å². The van der Waals surface area contributed by atoms with Crippen LogP contribution in [0.25, 0.3) is 0 Å². The van der Waals surface area contributed by atoms with E-state index in [4.69, 9.17) is 9.84 Å². The van der Waals surface area contributed by atoms with Crippen LogP contribution in [0.3, 0.4) is 0 Å². The summed E-state index contributed by atoms with van der Waals surface area (Å²) in [7, 11) is 2.02. The number of carbonyl (C=O) groups is 2. The summed E-state index contributed by atoms with van der Waals surface area (Å²) >= 11 is 0. The average molecular weight is 656 g/mol. The Morgan fingerprint density at radius 1 is 1.23 bits per heavy atom. The molecule has 4 aliphatic heterocycles. The molecule has 5 rings (SSSR count). The summed E-state index contributed by atoms with van der Waals surface area (Å²) in [4.78, 5) is 36.1. The molecule has 10 heteroatoms.